The Labute approximate surface area is 213 Å². The Hall–Kier alpha value is -3.72. The van der Waals surface area contributed by atoms with Crippen LogP contribution in [0.4, 0.5) is 9.59 Å². The summed E-state index contributed by atoms with van der Waals surface area (Å²) in [4.78, 5) is 28.0. The third kappa shape index (κ3) is 4.58. The first-order chi connectivity index (χ1) is 17.1. The molecule has 36 heavy (non-hydrogen) atoms. The van der Waals surface area contributed by atoms with Gasteiger partial charge >= 0.3 is 12.2 Å². The van der Waals surface area contributed by atoms with Crippen LogP contribution in [0.1, 0.15) is 38.8 Å². The third-order valence-corrected chi connectivity index (χ3v) is 7.59. The number of aromatic nitrogens is 1. The van der Waals surface area contributed by atoms with Crippen LogP contribution in [0.2, 0.25) is 0 Å². The number of methoxy groups -OCH3 is 1. The Kier molecular flexibility index (Phi) is 7.12. The van der Waals surface area contributed by atoms with E-state index in [1.807, 2.05) is 76.2 Å². The summed E-state index contributed by atoms with van der Waals surface area (Å²) in [5.41, 5.74) is 4.39. The van der Waals surface area contributed by atoms with E-state index >= 15 is 0 Å². The molecule has 0 aliphatic carbocycles. The van der Waals surface area contributed by atoms with Crippen LogP contribution in [0, 0.1) is 0 Å². The lowest BCUT2D eigenvalue weighted by atomic mass is 10.0. The summed E-state index contributed by atoms with van der Waals surface area (Å²) in [6.07, 6.45) is -2.03. The summed E-state index contributed by atoms with van der Waals surface area (Å²) >= 11 is 1.59. The van der Waals surface area contributed by atoms with Crippen molar-refractivity contribution in [3.8, 4) is 17.0 Å². The molecule has 0 aliphatic heterocycles. The second-order valence-electron chi connectivity index (χ2n) is 9.25. The number of amides is 2. The normalized spacial score (nSPS) is 11.5. The van der Waals surface area contributed by atoms with Crippen molar-refractivity contribution in [1.29, 1.82) is 0 Å². The molecule has 0 unspecified atom stereocenters. The molecule has 2 N–H and O–H groups in total. The number of thiazole rings is 1. The summed E-state index contributed by atoms with van der Waals surface area (Å²) in [6.45, 7) is 7.65. The molecule has 0 bridgehead atoms. The molecule has 4 rings (SSSR count). The molecule has 2 amide bonds. The lowest BCUT2D eigenvalue weighted by Gasteiger charge is -2.27. The first-order valence-corrected chi connectivity index (χ1v) is 12.6. The number of ether oxygens (including phenoxy) is 1. The smallest absolute Gasteiger partial charge is 0.407 e. The maximum atomic E-state index is 12.2. The molecule has 0 aliphatic rings. The topological polar surface area (TPSA) is 94.7 Å². The van der Waals surface area contributed by atoms with Crippen LogP contribution in [0.25, 0.3) is 26.3 Å². The molecular formula is C27H31N3O5S. The van der Waals surface area contributed by atoms with Gasteiger partial charge in [-0.3, -0.25) is 4.40 Å². The molecule has 2 aromatic heterocycles. The molecule has 0 spiro atoms. The number of nitrogens with zero attached hydrogens (tertiary/aromatic N) is 3. The molecule has 4 aromatic rings. The molecule has 9 heteroatoms. The number of hydrogen-bond acceptors (Lipinski definition) is 4. The molecule has 0 atom stereocenters. The van der Waals surface area contributed by atoms with Crippen LogP contribution >= 0.6 is 11.3 Å². The Morgan fingerprint density at radius 3 is 1.97 bits per heavy atom. The van der Waals surface area contributed by atoms with E-state index in [-0.39, 0.29) is 25.2 Å². The van der Waals surface area contributed by atoms with Crippen LogP contribution in [0.5, 0.6) is 5.75 Å². The fraction of sp³-hybridized carbons (Fsp3) is 0.333. The number of carbonyl (C=O) groups is 2. The van der Waals surface area contributed by atoms with E-state index in [4.69, 9.17) is 4.74 Å². The van der Waals surface area contributed by atoms with Crippen molar-refractivity contribution >= 4 is 38.6 Å². The number of hydrogen-bond donors (Lipinski definition) is 2. The van der Waals surface area contributed by atoms with Crippen molar-refractivity contribution in [2.45, 2.75) is 52.9 Å². The zero-order chi connectivity index (χ0) is 26.1. The van der Waals surface area contributed by atoms with Gasteiger partial charge in [0, 0.05) is 23.2 Å². The van der Waals surface area contributed by atoms with Crippen molar-refractivity contribution in [3.63, 3.8) is 0 Å². The fourth-order valence-electron chi connectivity index (χ4n) is 4.48. The molecule has 190 valence electrons. The SMILES string of the molecule is COc1ccc(-c2c(CN(C(=O)O)C(C)C)c(CN(C(=O)O)C(C)C)c3sc4ccccc4n23)cc1. The number of fused-ring (bicyclic) bond motifs is 3. The van der Waals surface area contributed by atoms with Crippen molar-refractivity contribution in [1.82, 2.24) is 14.2 Å². The van der Waals surface area contributed by atoms with E-state index in [0.29, 0.717) is 0 Å². The highest BCUT2D eigenvalue weighted by Crippen LogP contribution is 2.41. The highest BCUT2D eigenvalue weighted by molar-refractivity contribution is 7.24. The summed E-state index contributed by atoms with van der Waals surface area (Å²) in [7, 11) is 1.61. The van der Waals surface area contributed by atoms with Gasteiger partial charge in [0.25, 0.3) is 0 Å². The zero-order valence-electron chi connectivity index (χ0n) is 21.1. The Bertz CT molecular complexity index is 1400. The van der Waals surface area contributed by atoms with Gasteiger partial charge in [-0.1, -0.05) is 12.1 Å². The van der Waals surface area contributed by atoms with Crippen molar-refractivity contribution in [2.24, 2.45) is 0 Å². The second kappa shape index (κ2) is 10.1. The summed E-state index contributed by atoms with van der Waals surface area (Å²) in [6, 6.07) is 15.2. The average Bonchev–Trinajstić information content (AvgIpc) is 3.34. The van der Waals surface area contributed by atoms with Crippen LogP contribution in [-0.4, -0.2) is 55.8 Å². The van der Waals surface area contributed by atoms with E-state index < -0.39 is 12.2 Å². The van der Waals surface area contributed by atoms with Crippen LogP contribution in [0.15, 0.2) is 48.5 Å². The molecule has 0 saturated heterocycles. The van der Waals surface area contributed by atoms with Crippen LogP contribution in [0.3, 0.4) is 0 Å². The second-order valence-corrected chi connectivity index (χ2v) is 10.3. The lowest BCUT2D eigenvalue weighted by molar-refractivity contribution is 0.124. The fourth-order valence-corrected chi connectivity index (χ4v) is 5.69. The van der Waals surface area contributed by atoms with Crippen LogP contribution < -0.4 is 4.74 Å². The molecule has 0 fully saturated rings. The quantitative estimate of drug-likeness (QED) is 0.279. The van der Waals surface area contributed by atoms with Crippen molar-refractivity contribution < 1.29 is 24.5 Å². The monoisotopic (exact) mass is 509 g/mol. The maximum absolute atomic E-state index is 12.2. The minimum absolute atomic E-state index is 0.137. The van der Waals surface area contributed by atoms with Gasteiger partial charge in [-0.15, -0.1) is 11.3 Å². The van der Waals surface area contributed by atoms with Gasteiger partial charge < -0.3 is 24.7 Å². The van der Waals surface area contributed by atoms with E-state index in [1.165, 1.54) is 9.80 Å². The summed E-state index contributed by atoms with van der Waals surface area (Å²) < 4.78 is 8.57. The van der Waals surface area contributed by atoms with Crippen molar-refractivity contribution in [2.75, 3.05) is 7.11 Å². The van der Waals surface area contributed by atoms with Gasteiger partial charge in [0.2, 0.25) is 0 Å². The highest BCUT2D eigenvalue weighted by Gasteiger charge is 2.29. The minimum atomic E-state index is -1.02. The molecule has 0 saturated carbocycles. The number of rotatable bonds is 8. The summed E-state index contributed by atoms with van der Waals surface area (Å²) in [5, 5.41) is 19.9. The van der Waals surface area contributed by atoms with Crippen LogP contribution in [-0.2, 0) is 13.1 Å². The zero-order valence-corrected chi connectivity index (χ0v) is 21.9. The largest absolute Gasteiger partial charge is 0.497 e. The molecule has 8 nitrogen and oxygen atoms in total. The van der Waals surface area contributed by atoms with E-state index in [1.54, 1.807) is 18.4 Å². The predicted molar refractivity (Wildman–Crippen MR) is 142 cm³/mol. The summed E-state index contributed by atoms with van der Waals surface area (Å²) in [5.74, 6) is 0.717. The molecule has 2 aromatic carbocycles. The van der Waals surface area contributed by atoms with Gasteiger partial charge in [-0.05, 0) is 69.7 Å². The van der Waals surface area contributed by atoms with Gasteiger partial charge in [-0.2, -0.15) is 0 Å². The average molecular weight is 510 g/mol. The Morgan fingerprint density at radius 1 is 0.889 bits per heavy atom. The van der Waals surface area contributed by atoms with E-state index in [0.717, 1.165) is 43.2 Å². The number of para-hydroxylation sites is 1. The van der Waals surface area contributed by atoms with Gasteiger partial charge in [0.1, 0.15) is 10.6 Å². The standard InChI is InChI=1S/C27H31N3O5S/c1-16(2)28(26(31)32)14-20-21(15-29(17(3)4)27(33)34)25-30(22-8-6-7-9-23(22)36-25)24(20)18-10-12-19(35-5)13-11-18/h6-13,16-17H,14-15H2,1-5H3,(H,31,32)(H,33,34). The molecule has 0 radical (unpaired) electrons. The third-order valence-electron chi connectivity index (χ3n) is 6.41. The number of benzene rings is 2. The first kappa shape index (κ1) is 25.4. The van der Waals surface area contributed by atoms with Crippen molar-refractivity contribution in [3.05, 3.63) is 59.7 Å². The molecule has 2 heterocycles. The minimum Gasteiger partial charge on any atom is -0.497 e. The lowest BCUT2D eigenvalue weighted by Crippen LogP contribution is -2.37. The van der Waals surface area contributed by atoms with Gasteiger partial charge in [0.05, 0.1) is 36.1 Å². The Morgan fingerprint density at radius 2 is 1.44 bits per heavy atom. The van der Waals surface area contributed by atoms with Gasteiger partial charge in [-0.25, -0.2) is 9.59 Å². The predicted octanol–water partition coefficient (Wildman–Crippen LogP) is 6.61. The Balaban J connectivity index is 2.07. The van der Waals surface area contributed by atoms with Gasteiger partial charge in [0.15, 0.2) is 0 Å². The molecular weight excluding hydrogens is 478 g/mol. The van der Waals surface area contributed by atoms with E-state index in [2.05, 4.69) is 4.40 Å². The maximum Gasteiger partial charge on any atom is 0.407 e. The first-order valence-electron chi connectivity index (χ1n) is 11.8. The highest BCUT2D eigenvalue weighted by atomic mass is 32.1. The number of carboxylic acid groups (broad SMARTS) is 2. The van der Waals surface area contributed by atoms with E-state index in [9.17, 15) is 19.8 Å².